The molecule has 1 aromatic heterocycles. The Morgan fingerprint density at radius 1 is 1.33 bits per heavy atom. The molecule has 0 atom stereocenters. The molecular formula is C7H13N5O2S. The summed E-state index contributed by atoms with van der Waals surface area (Å²) < 4.78 is 23.7. The van der Waals surface area contributed by atoms with Gasteiger partial charge in [-0.2, -0.15) is 0 Å². The van der Waals surface area contributed by atoms with Gasteiger partial charge < -0.3 is 11.1 Å². The number of nitrogens with two attached hydrogens (primary N) is 1. The molecule has 0 spiro atoms. The molecule has 7 nitrogen and oxygen atoms in total. The van der Waals surface area contributed by atoms with Crippen LogP contribution in [0.15, 0.2) is 12.4 Å². The van der Waals surface area contributed by atoms with Gasteiger partial charge in [0.2, 0.25) is 10.0 Å². The molecule has 0 fully saturated rings. The molecule has 1 heterocycles. The second kappa shape index (κ2) is 4.89. The lowest BCUT2D eigenvalue weighted by Gasteiger charge is -2.05. The van der Waals surface area contributed by atoms with E-state index in [1.165, 1.54) is 12.4 Å². The molecule has 0 amide bonds. The monoisotopic (exact) mass is 231 g/mol. The zero-order valence-electron chi connectivity index (χ0n) is 8.27. The summed E-state index contributed by atoms with van der Waals surface area (Å²) in [5, 5.41) is 2.89. The Morgan fingerprint density at radius 2 is 2.07 bits per heavy atom. The highest BCUT2D eigenvalue weighted by Crippen LogP contribution is 2.00. The highest BCUT2D eigenvalue weighted by atomic mass is 32.2. The van der Waals surface area contributed by atoms with Crippen molar-refractivity contribution < 1.29 is 8.42 Å². The van der Waals surface area contributed by atoms with E-state index in [1.807, 2.05) is 0 Å². The molecule has 0 aliphatic rings. The molecule has 0 bridgehead atoms. The van der Waals surface area contributed by atoms with Crippen LogP contribution in [0.2, 0.25) is 0 Å². The minimum Gasteiger partial charge on any atom is -0.382 e. The lowest BCUT2D eigenvalue weighted by atomic mass is 10.6. The van der Waals surface area contributed by atoms with Crippen molar-refractivity contribution in [3.8, 4) is 0 Å². The number of sulfonamides is 1. The lowest BCUT2D eigenvalue weighted by Crippen LogP contribution is -2.27. The summed E-state index contributed by atoms with van der Waals surface area (Å²) in [4.78, 5) is 7.76. The zero-order valence-corrected chi connectivity index (χ0v) is 9.08. The standard InChI is InChI=1S/C7H13N5O2S/c1-15(13,14)12-3-2-9-7-5-10-6(8)4-11-7/h4-5,12H,2-3H2,1H3,(H2,8,10)(H,9,11). The molecule has 0 unspecified atom stereocenters. The third-order valence-corrected chi connectivity index (χ3v) is 2.20. The smallest absolute Gasteiger partial charge is 0.208 e. The van der Waals surface area contributed by atoms with E-state index in [4.69, 9.17) is 5.73 Å². The normalized spacial score (nSPS) is 11.3. The van der Waals surface area contributed by atoms with Crippen molar-refractivity contribution in [2.24, 2.45) is 0 Å². The summed E-state index contributed by atoms with van der Waals surface area (Å²) in [5.41, 5.74) is 5.35. The van der Waals surface area contributed by atoms with Gasteiger partial charge in [0.25, 0.3) is 0 Å². The summed E-state index contributed by atoms with van der Waals surface area (Å²) in [5.74, 6) is 0.898. The Morgan fingerprint density at radius 3 is 2.60 bits per heavy atom. The quantitative estimate of drug-likeness (QED) is 0.562. The maximum Gasteiger partial charge on any atom is 0.208 e. The molecule has 0 radical (unpaired) electrons. The molecule has 0 aliphatic heterocycles. The number of nitrogens with one attached hydrogen (secondary N) is 2. The minimum absolute atomic E-state index is 0.297. The molecule has 4 N–H and O–H groups in total. The summed E-state index contributed by atoms with van der Waals surface area (Å²) in [6, 6.07) is 0. The third-order valence-electron chi connectivity index (χ3n) is 1.47. The Labute approximate surface area is 88.2 Å². The number of anilines is 2. The average Bonchev–Trinajstić information content (AvgIpc) is 2.14. The number of nitrogen functional groups attached to an aromatic ring is 1. The van der Waals surface area contributed by atoms with Crippen LogP contribution >= 0.6 is 0 Å². The van der Waals surface area contributed by atoms with Crippen molar-refractivity contribution in [1.29, 1.82) is 0 Å². The maximum absolute atomic E-state index is 10.7. The number of hydrogen-bond donors (Lipinski definition) is 3. The van der Waals surface area contributed by atoms with Gasteiger partial charge in [0.15, 0.2) is 0 Å². The predicted molar refractivity (Wildman–Crippen MR) is 57.8 cm³/mol. The number of nitrogens with zero attached hydrogens (tertiary/aromatic N) is 2. The molecular weight excluding hydrogens is 218 g/mol. The van der Waals surface area contributed by atoms with Gasteiger partial charge in [-0.15, -0.1) is 0 Å². The highest BCUT2D eigenvalue weighted by molar-refractivity contribution is 7.88. The van der Waals surface area contributed by atoms with Gasteiger partial charge in [0.05, 0.1) is 18.6 Å². The van der Waals surface area contributed by atoms with Crippen LogP contribution in [-0.2, 0) is 10.0 Å². The summed E-state index contributed by atoms with van der Waals surface area (Å²) in [6.07, 6.45) is 4.01. The largest absolute Gasteiger partial charge is 0.382 e. The van der Waals surface area contributed by atoms with Gasteiger partial charge in [-0.1, -0.05) is 0 Å². The number of aromatic nitrogens is 2. The lowest BCUT2D eigenvalue weighted by molar-refractivity contribution is 0.589. The molecule has 8 heteroatoms. The van der Waals surface area contributed by atoms with Gasteiger partial charge in [-0.05, 0) is 0 Å². The van der Waals surface area contributed by atoms with Crippen molar-refractivity contribution in [2.45, 2.75) is 0 Å². The van der Waals surface area contributed by atoms with Crippen LogP contribution in [0.1, 0.15) is 0 Å². The first-order chi connectivity index (χ1) is 6.97. The molecule has 0 aromatic carbocycles. The third kappa shape index (κ3) is 5.13. The van der Waals surface area contributed by atoms with E-state index in [0.29, 0.717) is 24.7 Å². The Bertz CT molecular complexity index is 402. The predicted octanol–water partition coefficient (Wildman–Crippen LogP) is -0.980. The first kappa shape index (κ1) is 11.7. The SMILES string of the molecule is CS(=O)(=O)NCCNc1cnc(N)cn1. The van der Waals surface area contributed by atoms with E-state index in [1.54, 1.807) is 0 Å². The van der Waals surface area contributed by atoms with E-state index >= 15 is 0 Å². The van der Waals surface area contributed by atoms with E-state index in [2.05, 4.69) is 20.0 Å². The molecule has 84 valence electrons. The van der Waals surface area contributed by atoms with Gasteiger partial charge in [0.1, 0.15) is 11.6 Å². The van der Waals surface area contributed by atoms with Crippen LogP contribution in [0, 0.1) is 0 Å². The fraction of sp³-hybridized carbons (Fsp3) is 0.429. The van der Waals surface area contributed by atoms with Crippen LogP contribution in [-0.4, -0.2) is 37.7 Å². The number of rotatable bonds is 5. The minimum atomic E-state index is -3.13. The van der Waals surface area contributed by atoms with Crippen molar-refractivity contribution in [2.75, 3.05) is 30.4 Å². The summed E-state index contributed by atoms with van der Waals surface area (Å²) in [7, 11) is -3.13. The van der Waals surface area contributed by atoms with E-state index in [0.717, 1.165) is 6.26 Å². The molecule has 0 saturated heterocycles. The first-order valence-corrected chi connectivity index (χ1v) is 6.12. The van der Waals surface area contributed by atoms with Crippen LogP contribution in [0.25, 0.3) is 0 Å². The van der Waals surface area contributed by atoms with Gasteiger partial charge in [-0.25, -0.2) is 23.1 Å². The topological polar surface area (TPSA) is 110 Å². The first-order valence-electron chi connectivity index (χ1n) is 4.23. The molecule has 1 rings (SSSR count). The Balaban J connectivity index is 2.29. The second-order valence-corrected chi connectivity index (χ2v) is 4.75. The molecule has 0 aliphatic carbocycles. The Kier molecular flexibility index (Phi) is 3.81. The van der Waals surface area contributed by atoms with Crippen LogP contribution in [0.5, 0.6) is 0 Å². The molecule has 0 saturated carbocycles. The second-order valence-electron chi connectivity index (χ2n) is 2.92. The van der Waals surface area contributed by atoms with Crippen molar-refractivity contribution in [3.05, 3.63) is 12.4 Å². The highest BCUT2D eigenvalue weighted by Gasteiger charge is 1.99. The Hall–Kier alpha value is -1.41. The van der Waals surface area contributed by atoms with Crippen LogP contribution in [0.4, 0.5) is 11.6 Å². The fourth-order valence-corrected chi connectivity index (χ4v) is 1.33. The van der Waals surface area contributed by atoms with E-state index < -0.39 is 10.0 Å². The fourth-order valence-electron chi connectivity index (χ4n) is 0.856. The molecule has 15 heavy (non-hydrogen) atoms. The van der Waals surface area contributed by atoms with Gasteiger partial charge in [-0.3, -0.25) is 0 Å². The van der Waals surface area contributed by atoms with Gasteiger partial charge >= 0.3 is 0 Å². The van der Waals surface area contributed by atoms with Gasteiger partial charge in [0, 0.05) is 13.1 Å². The van der Waals surface area contributed by atoms with Crippen LogP contribution in [0.3, 0.4) is 0 Å². The summed E-state index contributed by atoms with van der Waals surface area (Å²) >= 11 is 0. The van der Waals surface area contributed by atoms with Crippen molar-refractivity contribution in [3.63, 3.8) is 0 Å². The van der Waals surface area contributed by atoms with Crippen molar-refractivity contribution in [1.82, 2.24) is 14.7 Å². The molecule has 1 aromatic rings. The van der Waals surface area contributed by atoms with Crippen molar-refractivity contribution >= 4 is 21.7 Å². The maximum atomic E-state index is 10.7. The van der Waals surface area contributed by atoms with E-state index in [9.17, 15) is 8.42 Å². The number of hydrogen-bond acceptors (Lipinski definition) is 6. The summed E-state index contributed by atoms with van der Waals surface area (Å²) in [6.45, 7) is 0.733. The van der Waals surface area contributed by atoms with E-state index in [-0.39, 0.29) is 0 Å². The average molecular weight is 231 g/mol. The zero-order chi connectivity index (χ0) is 11.3. The van der Waals surface area contributed by atoms with Crippen LogP contribution < -0.4 is 15.8 Å².